The lowest BCUT2D eigenvalue weighted by atomic mass is 9.83. The molecule has 1 saturated carbocycles. The fourth-order valence-electron chi connectivity index (χ4n) is 3.53. The van der Waals surface area contributed by atoms with Crippen molar-refractivity contribution in [2.75, 3.05) is 6.61 Å². The first-order valence-electron chi connectivity index (χ1n) is 10.4. The van der Waals surface area contributed by atoms with Crippen molar-refractivity contribution in [2.45, 2.75) is 44.9 Å². The summed E-state index contributed by atoms with van der Waals surface area (Å²) in [6, 6.07) is 10.3. The summed E-state index contributed by atoms with van der Waals surface area (Å²) in [6.45, 7) is 2.57. The number of benzene rings is 1. The minimum Gasteiger partial charge on any atom is -0.494 e. The van der Waals surface area contributed by atoms with Crippen molar-refractivity contribution in [2.24, 2.45) is 5.92 Å². The molecule has 4 N–H and O–H groups in total. The molecule has 0 aliphatic heterocycles. The number of aliphatic hydroxyl groups excluding tert-OH is 1. The number of carbonyl (C=O) groups is 3. The van der Waals surface area contributed by atoms with E-state index in [4.69, 9.17) is 14.6 Å². The molecule has 1 aromatic carbocycles. The van der Waals surface area contributed by atoms with Crippen LogP contribution in [0.5, 0.6) is 5.75 Å². The van der Waals surface area contributed by atoms with Gasteiger partial charge in [0.25, 0.3) is 12.4 Å². The standard InChI is InChI=1S/C22H27N3O4.CH2O2/c1-2-29-18-7-3-6-16(11-18)22(28)25-19-9-8-17(12-20(19)26)21(27)24-14-15-5-4-10-23-13-15;2-1-3/h3-7,10-11,13,17,19-20,26H,2,8-9,12,14H2,1H3,(H,24,27)(H,25,28);1H,(H,2,3)/t17-,19+,20+;/m0./s1. The molecule has 1 fully saturated rings. The van der Waals surface area contributed by atoms with Gasteiger partial charge in [0, 0.05) is 30.4 Å². The average Bonchev–Trinajstić information content (AvgIpc) is 2.80. The van der Waals surface area contributed by atoms with Crippen molar-refractivity contribution < 1.29 is 29.3 Å². The Labute approximate surface area is 186 Å². The number of carbonyl (C=O) groups excluding carboxylic acids is 2. The van der Waals surface area contributed by atoms with Gasteiger partial charge in [0.05, 0.1) is 18.8 Å². The van der Waals surface area contributed by atoms with Gasteiger partial charge in [-0.05, 0) is 56.0 Å². The van der Waals surface area contributed by atoms with E-state index in [0.717, 1.165) is 5.56 Å². The molecule has 0 radical (unpaired) electrons. The molecule has 9 heteroatoms. The minimum atomic E-state index is -0.767. The lowest BCUT2D eigenvalue weighted by molar-refractivity contribution is -0.127. The Bertz CT molecular complexity index is 877. The maximum atomic E-state index is 12.5. The van der Waals surface area contributed by atoms with Gasteiger partial charge >= 0.3 is 0 Å². The molecule has 0 saturated heterocycles. The summed E-state index contributed by atoms with van der Waals surface area (Å²) in [5, 5.41) is 23.2. The topological polar surface area (TPSA) is 138 Å². The summed E-state index contributed by atoms with van der Waals surface area (Å²) in [4.78, 5) is 37.3. The highest BCUT2D eigenvalue weighted by Gasteiger charge is 2.33. The summed E-state index contributed by atoms with van der Waals surface area (Å²) < 4.78 is 5.43. The van der Waals surface area contributed by atoms with E-state index in [1.54, 1.807) is 36.7 Å². The molecule has 1 heterocycles. The number of rotatable bonds is 7. The Morgan fingerprint density at radius 2 is 2.03 bits per heavy atom. The highest BCUT2D eigenvalue weighted by Crippen LogP contribution is 2.25. The Kier molecular flexibility index (Phi) is 10.1. The zero-order valence-electron chi connectivity index (χ0n) is 17.9. The summed E-state index contributed by atoms with van der Waals surface area (Å²) in [7, 11) is 0. The maximum absolute atomic E-state index is 12.5. The zero-order chi connectivity index (χ0) is 23.3. The maximum Gasteiger partial charge on any atom is 0.290 e. The molecule has 32 heavy (non-hydrogen) atoms. The number of hydrogen-bond acceptors (Lipinski definition) is 6. The van der Waals surface area contributed by atoms with E-state index < -0.39 is 6.10 Å². The highest BCUT2D eigenvalue weighted by molar-refractivity contribution is 5.94. The zero-order valence-corrected chi connectivity index (χ0v) is 17.9. The molecule has 0 bridgehead atoms. The van der Waals surface area contributed by atoms with Crippen LogP contribution in [-0.4, -0.2) is 52.2 Å². The smallest absolute Gasteiger partial charge is 0.290 e. The lowest BCUT2D eigenvalue weighted by Crippen LogP contribution is -2.49. The van der Waals surface area contributed by atoms with Crippen molar-refractivity contribution >= 4 is 18.3 Å². The van der Waals surface area contributed by atoms with Crippen LogP contribution in [0.4, 0.5) is 0 Å². The van der Waals surface area contributed by atoms with E-state index in [2.05, 4.69) is 15.6 Å². The molecule has 9 nitrogen and oxygen atoms in total. The fourth-order valence-corrected chi connectivity index (χ4v) is 3.53. The monoisotopic (exact) mass is 443 g/mol. The van der Waals surface area contributed by atoms with Crippen LogP contribution in [0.3, 0.4) is 0 Å². The first kappa shape index (κ1) is 24.8. The van der Waals surface area contributed by atoms with Gasteiger partial charge < -0.3 is 25.6 Å². The van der Waals surface area contributed by atoms with Gasteiger partial charge in [0.2, 0.25) is 5.91 Å². The van der Waals surface area contributed by atoms with E-state index >= 15 is 0 Å². The number of amides is 2. The summed E-state index contributed by atoms with van der Waals surface area (Å²) in [6.07, 6.45) is 4.11. The number of nitrogens with one attached hydrogen (secondary N) is 2. The molecule has 3 atom stereocenters. The molecule has 2 amide bonds. The molecule has 0 unspecified atom stereocenters. The third kappa shape index (κ3) is 7.66. The van der Waals surface area contributed by atoms with Gasteiger partial charge in [-0.2, -0.15) is 0 Å². The summed E-state index contributed by atoms with van der Waals surface area (Å²) >= 11 is 0. The SMILES string of the molecule is CCOc1cccc(C(=O)N[C@@H]2CC[C@H](C(=O)NCc3cccnc3)C[C@H]2O)c1.O=CO. The first-order chi connectivity index (χ1) is 15.5. The number of ether oxygens (including phenoxy) is 1. The van der Waals surface area contributed by atoms with Crippen LogP contribution < -0.4 is 15.4 Å². The summed E-state index contributed by atoms with van der Waals surface area (Å²) in [5.41, 5.74) is 1.41. The molecule has 2 aromatic rings. The van der Waals surface area contributed by atoms with Crippen molar-refractivity contribution in [1.29, 1.82) is 0 Å². The van der Waals surface area contributed by atoms with Gasteiger partial charge in [-0.3, -0.25) is 19.4 Å². The van der Waals surface area contributed by atoms with E-state index in [1.807, 2.05) is 19.1 Å². The van der Waals surface area contributed by atoms with Crippen LogP contribution in [0.25, 0.3) is 0 Å². The number of pyridine rings is 1. The number of hydrogen-bond donors (Lipinski definition) is 4. The predicted molar refractivity (Wildman–Crippen MR) is 117 cm³/mol. The number of carboxylic acid groups (broad SMARTS) is 1. The summed E-state index contributed by atoms with van der Waals surface area (Å²) in [5.74, 6) is 0.0305. The van der Waals surface area contributed by atoms with Gasteiger partial charge in [-0.1, -0.05) is 12.1 Å². The normalized spacial score (nSPS) is 19.6. The molecule has 1 aliphatic rings. The predicted octanol–water partition coefficient (Wildman–Crippen LogP) is 1.76. The average molecular weight is 444 g/mol. The number of aliphatic hydroxyl groups is 1. The van der Waals surface area contributed by atoms with Crippen molar-refractivity contribution in [1.82, 2.24) is 15.6 Å². The van der Waals surface area contributed by atoms with Crippen molar-refractivity contribution in [3.63, 3.8) is 0 Å². The second-order valence-corrected chi connectivity index (χ2v) is 7.30. The molecule has 0 spiro atoms. The van der Waals surface area contributed by atoms with E-state index in [9.17, 15) is 14.7 Å². The Balaban J connectivity index is 0.00000114. The Hall–Kier alpha value is -3.46. The molecular weight excluding hydrogens is 414 g/mol. The largest absolute Gasteiger partial charge is 0.494 e. The third-order valence-electron chi connectivity index (χ3n) is 5.10. The van der Waals surface area contributed by atoms with Gasteiger partial charge in [0.1, 0.15) is 5.75 Å². The van der Waals surface area contributed by atoms with Crippen molar-refractivity contribution in [3.8, 4) is 5.75 Å². The van der Waals surface area contributed by atoms with Crippen LogP contribution >= 0.6 is 0 Å². The quantitative estimate of drug-likeness (QED) is 0.478. The number of aromatic nitrogens is 1. The Morgan fingerprint density at radius 3 is 2.69 bits per heavy atom. The first-order valence-corrected chi connectivity index (χ1v) is 10.4. The van der Waals surface area contributed by atoms with E-state index in [-0.39, 0.29) is 30.2 Å². The van der Waals surface area contributed by atoms with Gasteiger partial charge in [-0.25, -0.2) is 0 Å². The van der Waals surface area contributed by atoms with Crippen molar-refractivity contribution in [3.05, 3.63) is 59.9 Å². The fraction of sp³-hybridized carbons (Fsp3) is 0.391. The highest BCUT2D eigenvalue weighted by atomic mass is 16.5. The van der Waals surface area contributed by atoms with Crippen LogP contribution in [0.1, 0.15) is 42.1 Å². The van der Waals surface area contributed by atoms with E-state index in [0.29, 0.717) is 43.7 Å². The molecule has 1 aliphatic carbocycles. The van der Waals surface area contributed by atoms with Gasteiger partial charge in [0.15, 0.2) is 0 Å². The molecule has 3 rings (SSSR count). The van der Waals surface area contributed by atoms with Crippen LogP contribution in [-0.2, 0) is 16.1 Å². The molecule has 1 aromatic heterocycles. The molecular formula is C23H29N3O6. The van der Waals surface area contributed by atoms with Crippen LogP contribution in [0, 0.1) is 5.92 Å². The Morgan fingerprint density at radius 1 is 1.25 bits per heavy atom. The van der Waals surface area contributed by atoms with Crippen LogP contribution in [0.2, 0.25) is 0 Å². The number of nitrogens with zero attached hydrogens (tertiary/aromatic N) is 1. The van der Waals surface area contributed by atoms with Crippen LogP contribution in [0.15, 0.2) is 48.8 Å². The lowest BCUT2D eigenvalue weighted by Gasteiger charge is -2.33. The third-order valence-corrected chi connectivity index (χ3v) is 5.10. The minimum absolute atomic E-state index is 0.0814. The second-order valence-electron chi connectivity index (χ2n) is 7.30. The van der Waals surface area contributed by atoms with E-state index in [1.165, 1.54) is 0 Å². The second kappa shape index (κ2) is 13.1. The van der Waals surface area contributed by atoms with Gasteiger partial charge in [-0.15, -0.1) is 0 Å². The molecule has 172 valence electrons.